The Morgan fingerprint density at radius 3 is 2.63 bits per heavy atom. The molecule has 6 nitrogen and oxygen atoms in total. The Balaban J connectivity index is 1.40. The molecular weight excluding hydrogens is 340 g/mol. The molecule has 2 aliphatic rings. The summed E-state index contributed by atoms with van der Waals surface area (Å²) in [4.78, 5) is 26.1. The van der Waals surface area contributed by atoms with Crippen LogP contribution in [0.1, 0.15) is 41.7 Å². The second kappa shape index (κ2) is 7.94. The van der Waals surface area contributed by atoms with Crippen LogP contribution in [0, 0.1) is 6.92 Å². The smallest absolute Gasteiger partial charge is 0.257 e. The van der Waals surface area contributed by atoms with Gasteiger partial charge in [-0.2, -0.15) is 0 Å². The number of hydrogen-bond donors (Lipinski definition) is 0. The third-order valence-corrected chi connectivity index (χ3v) is 5.31. The number of carbonyl (C=O) groups is 1. The van der Waals surface area contributed by atoms with Gasteiger partial charge < -0.3 is 14.5 Å². The summed E-state index contributed by atoms with van der Waals surface area (Å²) >= 11 is 0. The molecule has 1 aromatic carbocycles. The van der Waals surface area contributed by atoms with Gasteiger partial charge in [0.1, 0.15) is 11.9 Å². The quantitative estimate of drug-likeness (QED) is 0.832. The van der Waals surface area contributed by atoms with Gasteiger partial charge in [0.25, 0.3) is 5.91 Å². The second-order valence-corrected chi connectivity index (χ2v) is 7.31. The molecular formula is C21H26N4O2. The Morgan fingerprint density at radius 1 is 1.11 bits per heavy atom. The summed E-state index contributed by atoms with van der Waals surface area (Å²) < 4.78 is 5.99. The van der Waals surface area contributed by atoms with Crippen LogP contribution in [-0.4, -0.2) is 53.1 Å². The fourth-order valence-electron chi connectivity index (χ4n) is 3.78. The number of benzene rings is 1. The summed E-state index contributed by atoms with van der Waals surface area (Å²) in [5.41, 5.74) is 1.35. The summed E-state index contributed by atoms with van der Waals surface area (Å²) in [7, 11) is 0. The predicted octanol–water partition coefficient (Wildman–Crippen LogP) is 3.07. The normalized spacial score (nSPS) is 20.0. The molecule has 1 amide bonds. The second-order valence-electron chi connectivity index (χ2n) is 7.31. The van der Waals surface area contributed by atoms with Gasteiger partial charge in [0, 0.05) is 32.3 Å². The Kier molecular flexibility index (Phi) is 5.23. The van der Waals surface area contributed by atoms with E-state index in [9.17, 15) is 4.79 Å². The van der Waals surface area contributed by atoms with E-state index < -0.39 is 0 Å². The van der Waals surface area contributed by atoms with Gasteiger partial charge in [-0.25, -0.2) is 9.97 Å². The molecule has 0 N–H and O–H groups in total. The first-order valence-corrected chi connectivity index (χ1v) is 9.80. The zero-order valence-electron chi connectivity index (χ0n) is 15.8. The molecule has 3 heterocycles. The van der Waals surface area contributed by atoms with Crippen molar-refractivity contribution in [2.45, 2.75) is 38.7 Å². The molecule has 2 aliphatic heterocycles. The lowest BCUT2D eigenvalue weighted by Gasteiger charge is -2.27. The molecule has 0 saturated carbocycles. The van der Waals surface area contributed by atoms with Gasteiger partial charge in [0.05, 0.1) is 17.8 Å². The van der Waals surface area contributed by atoms with E-state index in [1.807, 2.05) is 42.2 Å². The van der Waals surface area contributed by atoms with Gasteiger partial charge in [-0.15, -0.1) is 0 Å². The van der Waals surface area contributed by atoms with Crippen molar-refractivity contribution in [3.05, 3.63) is 47.8 Å². The summed E-state index contributed by atoms with van der Waals surface area (Å²) in [5.74, 6) is 1.59. The van der Waals surface area contributed by atoms with E-state index >= 15 is 0 Å². The van der Waals surface area contributed by atoms with Crippen LogP contribution in [0.5, 0.6) is 5.75 Å². The first-order valence-electron chi connectivity index (χ1n) is 9.80. The predicted molar refractivity (Wildman–Crippen MR) is 104 cm³/mol. The average molecular weight is 366 g/mol. The van der Waals surface area contributed by atoms with Crippen molar-refractivity contribution in [2.75, 3.05) is 31.1 Å². The molecule has 0 radical (unpaired) electrons. The van der Waals surface area contributed by atoms with Crippen molar-refractivity contribution in [1.82, 2.24) is 14.9 Å². The number of para-hydroxylation sites is 1. The van der Waals surface area contributed by atoms with E-state index in [0.29, 0.717) is 18.7 Å². The number of nitrogens with zero attached hydrogens (tertiary/aromatic N) is 4. The SMILES string of the molecule is Cc1nc(N2CCCCC2)ncc1C(=O)N1CC[C@@H](Oc2ccccc2)C1. The maximum Gasteiger partial charge on any atom is 0.257 e. The Morgan fingerprint density at radius 2 is 1.89 bits per heavy atom. The van der Waals surface area contributed by atoms with Crippen molar-refractivity contribution in [3.63, 3.8) is 0 Å². The lowest BCUT2D eigenvalue weighted by molar-refractivity contribution is 0.0770. The third-order valence-electron chi connectivity index (χ3n) is 5.31. The Bertz CT molecular complexity index is 790. The van der Waals surface area contributed by atoms with E-state index in [0.717, 1.165) is 36.9 Å². The van der Waals surface area contributed by atoms with Gasteiger partial charge in [-0.3, -0.25) is 4.79 Å². The number of amides is 1. The van der Waals surface area contributed by atoms with Crippen molar-refractivity contribution in [2.24, 2.45) is 0 Å². The van der Waals surface area contributed by atoms with E-state index in [4.69, 9.17) is 4.74 Å². The first-order chi connectivity index (χ1) is 13.2. The molecule has 27 heavy (non-hydrogen) atoms. The van der Waals surface area contributed by atoms with E-state index in [1.165, 1.54) is 19.3 Å². The standard InChI is InChI=1S/C21H26N4O2/c1-16-19(14-22-21(23-16)24-11-6-3-7-12-24)20(26)25-13-10-18(15-25)27-17-8-4-2-5-9-17/h2,4-5,8-9,14,18H,3,6-7,10-13,15H2,1H3/t18-/m1/s1. The van der Waals surface area contributed by atoms with Crippen LogP contribution < -0.4 is 9.64 Å². The topological polar surface area (TPSA) is 58.6 Å². The third kappa shape index (κ3) is 4.04. The minimum Gasteiger partial charge on any atom is -0.489 e. The minimum absolute atomic E-state index is 0.00291. The van der Waals surface area contributed by atoms with Crippen molar-refractivity contribution < 1.29 is 9.53 Å². The van der Waals surface area contributed by atoms with Crippen LogP contribution in [0.2, 0.25) is 0 Å². The minimum atomic E-state index is -0.00291. The maximum atomic E-state index is 12.9. The van der Waals surface area contributed by atoms with Gasteiger partial charge in [0.15, 0.2) is 0 Å². The number of anilines is 1. The molecule has 0 bridgehead atoms. The number of piperidine rings is 1. The van der Waals surface area contributed by atoms with E-state index in [2.05, 4.69) is 14.9 Å². The molecule has 1 aromatic heterocycles. The van der Waals surface area contributed by atoms with Crippen LogP contribution in [0.4, 0.5) is 5.95 Å². The zero-order chi connectivity index (χ0) is 18.6. The first kappa shape index (κ1) is 17.8. The average Bonchev–Trinajstić information content (AvgIpc) is 3.17. The molecule has 1 atom stereocenters. The molecule has 0 unspecified atom stereocenters. The lowest BCUT2D eigenvalue weighted by Crippen LogP contribution is -2.33. The highest BCUT2D eigenvalue weighted by molar-refractivity contribution is 5.95. The number of carbonyl (C=O) groups excluding carboxylic acids is 1. The summed E-state index contributed by atoms with van der Waals surface area (Å²) in [6, 6.07) is 9.77. The van der Waals surface area contributed by atoms with Crippen molar-refractivity contribution >= 4 is 11.9 Å². The molecule has 2 saturated heterocycles. The largest absolute Gasteiger partial charge is 0.489 e. The fourth-order valence-corrected chi connectivity index (χ4v) is 3.78. The van der Waals surface area contributed by atoms with Gasteiger partial charge in [-0.05, 0) is 38.3 Å². The maximum absolute atomic E-state index is 12.9. The highest BCUT2D eigenvalue weighted by Crippen LogP contribution is 2.22. The van der Waals surface area contributed by atoms with Crippen molar-refractivity contribution in [1.29, 1.82) is 0 Å². The zero-order valence-corrected chi connectivity index (χ0v) is 15.8. The summed E-state index contributed by atoms with van der Waals surface area (Å²) in [6.45, 7) is 5.19. The molecule has 142 valence electrons. The number of aryl methyl sites for hydroxylation is 1. The number of hydrogen-bond acceptors (Lipinski definition) is 5. The molecule has 0 spiro atoms. The highest BCUT2D eigenvalue weighted by atomic mass is 16.5. The number of rotatable bonds is 4. The van der Waals surface area contributed by atoms with Gasteiger partial charge >= 0.3 is 0 Å². The molecule has 4 rings (SSSR count). The fraction of sp³-hybridized carbons (Fsp3) is 0.476. The highest BCUT2D eigenvalue weighted by Gasteiger charge is 2.29. The number of ether oxygens (including phenoxy) is 1. The Labute approximate surface area is 160 Å². The van der Waals surface area contributed by atoms with Crippen LogP contribution >= 0.6 is 0 Å². The van der Waals surface area contributed by atoms with E-state index in [-0.39, 0.29) is 12.0 Å². The summed E-state index contributed by atoms with van der Waals surface area (Å²) in [5, 5.41) is 0. The van der Waals surface area contributed by atoms with Crippen molar-refractivity contribution in [3.8, 4) is 5.75 Å². The lowest BCUT2D eigenvalue weighted by atomic mass is 10.1. The number of likely N-dealkylation sites (tertiary alicyclic amines) is 1. The monoisotopic (exact) mass is 366 g/mol. The van der Waals surface area contributed by atoms with Gasteiger partial charge in [-0.1, -0.05) is 18.2 Å². The molecule has 0 aliphatic carbocycles. The van der Waals surface area contributed by atoms with Gasteiger partial charge in [0.2, 0.25) is 5.95 Å². The Hall–Kier alpha value is -2.63. The van der Waals surface area contributed by atoms with Crippen LogP contribution in [0.15, 0.2) is 36.5 Å². The molecule has 6 heteroatoms. The van der Waals surface area contributed by atoms with Crippen LogP contribution in [0.25, 0.3) is 0 Å². The molecule has 2 fully saturated rings. The summed E-state index contributed by atoms with van der Waals surface area (Å²) in [6.07, 6.45) is 6.20. The van der Waals surface area contributed by atoms with Crippen LogP contribution in [0.3, 0.4) is 0 Å². The number of aromatic nitrogens is 2. The molecule has 2 aromatic rings. The van der Waals surface area contributed by atoms with Crippen LogP contribution in [-0.2, 0) is 0 Å². The van der Waals surface area contributed by atoms with E-state index in [1.54, 1.807) is 6.20 Å².